The van der Waals surface area contributed by atoms with Gasteiger partial charge in [-0.15, -0.1) is 0 Å². The quantitative estimate of drug-likeness (QED) is 0.819. The zero-order chi connectivity index (χ0) is 18.1. The van der Waals surface area contributed by atoms with Crippen molar-refractivity contribution in [1.29, 1.82) is 0 Å². The van der Waals surface area contributed by atoms with E-state index in [4.69, 9.17) is 0 Å². The molecule has 1 amide bonds. The van der Waals surface area contributed by atoms with Crippen LogP contribution in [0.25, 0.3) is 5.57 Å². The van der Waals surface area contributed by atoms with Gasteiger partial charge in [-0.25, -0.2) is 0 Å². The molecule has 2 saturated heterocycles. The van der Waals surface area contributed by atoms with E-state index in [0.29, 0.717) is 18.6 Å². The number of rotatable bonds is 2. The fraction of sp³-hybridized carbons (Fsp3) is 0.619. The molecule has 1 aromatic rings. The van der Waals surface area contributed by atoms with E-state index in [1.807, 2.05) is 17.3 Å². The number of amides is 1. The summed E-state index contributed by atoms with van der Waals surface area (Å²) in [6, 6.07) is 3.02. The third-order valence-corrected chi connectivity index (χ3v) is 6.49. The number of fused-ring (bicyclic) bond motifs is 3. The minimum absolute atomic E-state index is 0.260. The summed E-state index contributed by atoms with van der Waals surface area (Å²) in [4.78, 5) is 24.1. The molecule has 0 spiro atoms. The molecule has 5 nitrogen and oxygen atoms in total. The van der Waals surface area contributed by atoms with Gasteiger partial charge in [-0.05, 0) is 57.2 Å². The van der Waals surface area contributed by atoms with Gasteiger partial charge in [0, 0.05) is 55.4 Å². The summed E-state index contributed by atoms with van der Waals surface area (Å²) < 4.78 is 0. The second-order valence-corrected chi connectivity index (χ2v) is 7.98. The van der Waals surface area contributed by atoms with Gasteiger partial charge in [0.1, 0.15) is 0 Å². The van der Waals surface area contributed by atoms with Gasteiger partial charge in [0.25, 0.3) is 0 Å². The number of carbonyl (C=O) groups is 1. The number of carbonyl (C=O) groups excluding carboxylic acids is 1. The standard InChI is InChI=1S/C21H30N4O/c1-16-18-14-22-10-8-20(18)25(13-9-17-6-7-19(16)23(17)2)15-21(26)24-11-4-3-5-12-24/h8,10,14,17,19H,1,3-7,9,11-13,15H2,2H3. The number of pyridine rings is 1. The fourth-order valence-corrected chi connectivity index (χ4v) is 4.87. The summed E-state index contributed by atoms with van der Waals surface area (Å²) in [5.41, 5.74) is 3.38. The maximum atomic E-state index is 12.9. The molecule has 0 aromatic carbocycles. The molecule has 2 bridgehead atoms. The number of likely N-dealkylation sites (tertiary alicyclic amines) is 1. The molecule has 3 aliphatic rings. The minimum Gasteiger partial charge on any atom is -0.362 e. The molecule has 0 N–H and O–H groups in total. The zero-order valence-electron chi connectivity index (χ0n) is 15.9. The lowest BCUT2D eigenvalue weighted by atomic mass is 9.97. The van der Waals surface area contributed by atoms with E-state index in [1.165, 1.54) is 19.3 Å². The van der Waals surface area contributed by atoms with Crippen LogP contribution in [0.3, 0.4) is 0 Å². The van der Waals surface area contributed by atoms with Crippen LogP contribution in [0.2, 0.25) is 0 Å². The maximum Gasteiger partial charge on any atom is 0.242 e. The number of likely N-dealkylation sites (N-methyl/N-ethyl adjacent to an activating group) is 1. The Morgan fingerprint density at radius 2 is 2.00 bits per heavy atom. The predicted molar refractivity (Wildman–Crippen MR) is 105 cm³/mol. The van der Waals surface area contributed by atoms with E-state index in [0.717, 1.165) is 55.7 Å². The van der Waals surface area contributed by atoms with E-state index in [1.54, 1.807) is 0 Å². The first-order valence-corrected chi connectivity index (χ1v) is 10.0. The Hall–Kier alpha value is -1.88. The van der Waals surface area contributed by atoms with Crippen LogP contribution in [0.4, 0.5) is 5.69 Å². The normalized spacial score (nSPS) is 26.9. The van der Waals surface area contributed by atoms with Crippen molar-refractivity contribution >= 4 is 17.2 Å². The summed E-state index contributed by atoms with van der Waals surface area (Å²) in [5, 5.41) is 0. The van der Waals surface area contributed by atoms with Gasteiger partial charge in [0.05, 0.1) is 6.54 Å². The number of anilines is 1. The largest absolute Gasteiger partial charge is 0.362 e. The molecule has 0 radical (unpaired) electrons. The van der Waals surface area contributed by atoms with Crippen LogP contribution in [-0.4, -0.2) is 66.0 Å². The first kappa shape index (κ1) is 17.5. The van der Waals surface area contributed by atoms with Crippen molar-refractivity contribution in [1.82, 2.24) is 14.8 Å². The molecule has 0 saturated carbocycles. The van der Waals surface area contributed by atoms with Crippen LogP contribution in [0.15, 0.2) is 25.0 Å². The Balaban J connectivity index is 1.61. The number of aromatic nitrogens is 1. The van der Waals surface area contributed by atoms with Crippen molar-refractivity contribution in [3.63, 3.8) is 0 Å². The van der Waals surface area contributed by atoms with Gasteiger partial charge in [-0.3, -0.25) is 14.7 Å². The van der Waals surface area contributed by atoms with Gasteiger partial charge < -0.3 is 9.80 Å². The minimum atomic E-state index is 0.260. The maximum absolute atomic E-state index is 12.9. The summed E-state index contributed by atoms with van der Waals surface area (Å²) in [6.45, 7) is 7.63. The Labute approximate surface area is 156 Å². The topological polar surface area (TPSA) is 39.7 Å². The van der Waals surface area contributed by atoms with Crippen molar-refractivity contribution in [2.24, 2.45) is 0 Å². The lowest BCUT2D eigenvalue weighted by Crippen LogP contribution is -2.44. The summed E-state index contributed by atoms with van der Waals surface area (Å²) in [7, 11) is 2.22. The molecular formula is C21H30N4O. The van der Waals surface area contributed by atoms with Gasteiger partial charge in [0.2, 0.25) is 5.91 Å². The summed E-state index contributed by atoms with van der Waals surface area (Å²) >= 11 is 0. The molecule has 1 aromatic heterocycles. The van der Waals surface area contributed by atoms with E-state index in [9.17, 15) is 4.79 Å². The Morgan fingerprint density at radius 3 is 2.81 bits per heavy atom. The molecule has 4 rings (SSSR count). The van der Waals surface area contributed by atoms with E-state index in [2.05, 4.69) is 34.5 Å². The fourth-order valence-electron chi connectivity index (χ4n) is 4.87. The van der Waals surface area contributed by atoms with Crippen molar-refractivity contribution in [3.8, 4) is 0 Å². The smallest absolute Gasteiger partial charge is 0.242 e. The van der Waals surface area contributed by atoms with Crippen LogP contribution < -0.4 is 4.90 Å². The van der Waals surface area contributed by atoms with Crippen LogP contribution in [0.5, 0.6) is 0 Å². The van der Waals surface area contributed by atoms with Crippen LogP contribution >= 0.6 is 0 Å². The van der Waals surface area contributed by atoms with E-state index >= 15 is 0 Å². The number of hydrogen-bond acceptors (Lipinski definition) is 4. The molecule has 4 heterocycles. The molecule has 2 atom stereocenters. The summed E-state index contributed by atoms with van der Waals surface area (Å²) in [5.74, 6) is 0.260. The highest BCUT2D eigenvalue weighted by molar-refractivity contribution is 5.84. The molecule has 2 unspecified atom stereocenters. The highest BCUT2D eigenvalue weighted by Gasteiger charge is 2.35. The Morgan fingerprint density at radius 1 is 1.19 bits per heavy atom. The van der Waals surface area contributed by atoms with Gasteiger partial charge >= 0.3 is 0 Å². The molecule has 26 heavy (non-hydrogen) atoms. The monoisotopic (exact) mass is 354 g/mol. The third-order valence-electron chi connectivity index (χ3n) is 6.49. The Bertz CT molecular complexity index is 682. The van der Waals surface area contributed by atoms with Crippen molar-refractivity contribution in [2.45, 2.75) is 50.6 Å². The first-order valence-electron chi connectivity index (χ1n) is 10.0. The molecule has 2 fully saturated rings. The molecular weight excluding hydrogens is 324 g/mol. The molecule has 0 aliphatic carbocycles. The lowest BCUT2D eigenvalue weighted by Gasteiger charge is -2.32. The van der Waals surface area contributed by atoms with Gasteiger partial charge in [-0.1, -0.05) is 6.58 Å². The third kappa shape index (κ3) is 3.25. The molecule has 5 heteroatoms. The number of hydrogen-bond donors (Lipinski definition) is 0. The average molecular weight is 354 g/mol. The molecule has 140 valence electrons. The number of piperidine rings is 1. The van der Waals surface area contributed by atoms with E-state index < -0.39 is 0 Å². The molecule has 3 aliphatic heterocycles. The summed E-state index contributed by atoms with van der Waals surface area (Å²) in [6.07, 6.45) is 10.8. The highest BCUT2D eigenvalue weighted by atomic mass is 16.2. The first-order chi connectivity index (χ1) is 12.6. The Kier molecular flexibility index (Phi) is 4.98. The zero-order valence-corrected chi connectivity index (χ0v) is 15.9. The average Bonchev–Trinajstić information content (AvgIpc) is 3.06. The second-order valence-electron chi connectivity index (χ2n) is 7.98. The second kappa shape index (κ2) is 7.39. The van der Waals surface area contributed by atoms with Gasteiger partial charge in [-0.2, -0.15) is 0 Å². The van der Waals surface area contributed by atoms with Crippen LogP contribution in [-0.2, 0) is 4.79 Å². The predicted octanol–water partition coefficient (Wildman–Crippen LogP) is 2.78. The van der Waals surface area contributed by atoms with Crippen LogP contribution in [0.1, 0.15) is 44.1 Å². The van der Waals surface area contributed by atoms with Crippen molar-refractivity contribution in [2.75, 3.05) is 38.1 Å². The van der Waals surface area contributed by atoms with Crippen molar-refractivity contribution in [3.05, 3.63) is 30.6 Å². The van der Waals surface area contributed by atoms with E-state index in [-0.39, 0.29) is 5.91 Å². The SMILES string of the molecule is C=C1c2cnccc2N(CC(=O)N2CCCCC2)CCC2CCC1N2C. The lowest BCUT2D eigenvalue weighted by molar-refractivity contribution is -0.130. The number of nitrogens with zero attached hydrogens (tertiary/aromatic N) is 4. The highest BCUT2D eigenvalue weighted by Crippen LogP contribution is 2.38. The van der Waals surface area contributed by atoms with Crippen LogP contribution in [0, 0.1) is 0 Å². The van der Waals surface area contributed by atoms with Crippen molar-refractivity contribution < 1.29 is 4.79 Å². The van der Waals surface area contributed by atoms with Gasteiger partial charge in [0.15, 0.2) is 0 Å².